The van der Waals surface area contributed by atoms with Crippen LogP contribution in [0.3, 0.4) is 0 Å². The zero-order chi connectivity index (χ0) is 24.9. The number of nitrogens with zero attached hydrogens (tertiary/aromatic N) is 4. The summed E-state index contributed by atoms with van der Waals surface area (Å²) in [4.78, 5) is 12.8. The summed E-state index contributed by atoms with van der Waals surface area (Å²) in [6, 6.07) is 30.8. The van der Waals surface area contributed by atoms with E-state index in [1.165, 1.54) is 17.7 Å². The number of anilines is 1. The van der Waals surface area contributed by atoms with Crippen molar-refractivity contribution in [2.45, 2.75) is 31.5 Å². The van der Waals surface area contributed by atoms with Gasteiger partial charge in [-0.2, -0.15) is 10.2 Å². The van der Waals surface area contributed by atoms with Crippen molar-refractivity contribution in [3.05, 3.63) is 124 Å². The molecule has 178 valence electrons. The van der Waals surface area contributed by atoms with E-state index in [1.54, 1.807) is 12.1 Å². The Morgan fingerprint density at radius 1 is 0.861 bits per heavy atom. The maximum Gasteiger partial charge on any atom is 0.269 e. The minimum Gasteiger partial charge on any atom is -0.462 e. The SMILES string of the molecule is CC1(C)c2ccccc2N2Cc3cc(N=Nc4ccc([N+](=O)[O-])cc4)ccc3O[C@]21c1ccccc1. The van der Waals surface area contributed by atoms with Gasteiger partial charge in [0.15, 0.2) is 0 Å². The van der Waals surface area contributed by atoms with Crippen molar-refractivity contribution in [3.8, 4) is 5.75 Å². The van der Waals surface area contributed by atoms with Gasteiger partial charge in [-0.15, -0.1) is 0 Å². The van der Waals surface area contributed by atoms with Gasteiger partial charge < -0.3 is 9.64 Å². The molecule has 0 spiro atoms. The molecule has 0 saturated heterocycles. The molecular weight excluding hydrogens is 452 g/mol. The molecule has 36 heavy (non-hydrogen) atoms. The summed E-state index contributed by atoms with van der Waals surface area (Å²) in [5.41, 5.74) is 4.81. The zero-order valence-corrected chi connectivity index (χ0v) is 20.0. The lowest BCUT2D eigenvalue weighted by Crippen LogP contribution is -2.58. The summed E-state index contributed by atoms with van der Waals surface area (Å²) in [5, 5.41) is 19.5. The van der Waals surface area contributed by atoms with Gasteiger partial charge in [-0.3, -0.25) is 10.1 Å². The van der Waals surface area contributed by atoms with Crippen LogP contribution in [0.15, 0.2) is 107 Å². The average Bonchev–Trinajstić information content (AvgIpc) is 3.10. The third-order valence-electron chi connectivity index (χ3n) is 7.23. The minimum atomic E-state index is -0.688. The second-order valence-corrected chi connectivity index (χ2v) is 9.61. The van der Waals surface area contributed by atoms with Crippen LogP contribution in [0.4, 0.5) is 22.7 Å². The molecule has 0 saturated carbocycles. The van der Waals surface area contributed by atoms with Gasteiger partial charge >= 0.3 is 0 Å². The molecule has 0 unspecified atom stereocenters. The summed E-state index contributed by atoms with van der Waals surface area (Å²) in [5.74, 6) is 0.824. The number of nitro groups is 1. The van der Waals surface area contributed by atoms with E-state index in [4.69, 9.17) is 4.74 Å². The molecule has 4 aromatic rings. The fourth-order valence-electron chi connectivity index (χ4n) is 5.48. The summed E-state index contributed by atoms with van der Waals surface area (Å²) in [6.45, 7) is 5.15. The highest BCUT2D eigenvalue weighted by Gasteiger charge is 2.61. The summed E-state index contributed by atoms with van der Waals surface area (Å²) in [7, 11) is 0. The molecular formula is C29H24N4O3. The zero-order valence-electron chi connectivity index (χ0n) is 20.0. The standard InChI is InChI=1S/C29H24N4O3/c1-28(2)25-10-6-7-11-26(25)32-19-20-18-23(31-30-22-12-15-24(16-13-22)33(34)35)14-17-27(20)36-29(28,32)21-8-4-3-5-9-21/h3-18H,19H2,1-2H3/t29-/m0/s1. The third-order valence-corrected chi connectivity index (χ3v) is 7.23. The van der Waals surface area contributed by atoms with Gasteiger partial charge in [-0.1, -0.05) is 48.5 Å². The van der Waals surface area contributed by atoms with Crippen molar-refractivity contribution in [3.63, 3.8) is 0 Å². The summed E-state index contributed by atoms with van der Waals surface area (Å²) >= 11 is 0. The molecule has 0 amide bonds. The fraction of sp³-hybridized carbons (Fsp3) is 0.172. The number of fused-ring (bicyclic) bond motifs is 4. The first-order valence-electron chi connectivity index (χ1n) is 11.8. The smallest absolute Gasteiger partial charge is 0.269 e. The van der Waals surface area contributed by atoms with Crippen LogP contribution in [0, 0.1) is 10.1 Å². The first-order valence-corrected chi connectivity index (χ1v) is 11.8. The maximum absolute atomic E-state index is 10.9. The lowest BCUT2D eigenvalue weighted by molar-refractivity contribution is -0.384. The number of azo groups is 1. The molecule has 4 aromatic carbocycles. The van der Waals surface area contributed by atoms with Crippen LogP contribution in [-0.4, -0.2) is 4.92 Å². The van der Waals surface area contributed by atoms with Crippen molar-refractivity contribution in [1.82, 2.24) is 0 Å². The Labute approximate surface area is 208 Å². The predicted octanol–water partition coefficient (Wildman–Crippen LogP) is 7.55. The maximum atomic E-state index is 10.9. The molecule has 0 fully saturated rings. The highest BCUT2D eigenvalue weighted by atomic mass is 16.6. The molecule has 0 radical (unpaired) electrons. The van der Waals surface area contributed by atoms with E-state index in [9.17, 15) is 10.1 Å². The second-order valence-electron chi connectivity index (χ2n) is 9.61. The molecule has 2 aliphatic heterocycles. The van der Waals surface area contributed by atoms with Crippen molar-refractivity contribution >= 4 is 22.7 Å². The van der Waals surface area contributed by atoms with E-state index < -0.39 is 10.6 Å². The number of rotatable bonds is 4. The van der Waals surface area contributed by atoms with E-state index in [0.717, 1.165) is 22.6 Å². The number of hydrogen-bond donors (Lipinski definition) is 0. The van der Waals surface area contributed by atoms with E-state index in [-0.39, 0.29) is 11.1 Å². The Balaban J connectivity index is 1.40. The Hall–Kier alpha value is -4.52. The number of non-ortho nitro benzene ring substituents is 1. The van der Waals surface area contributed by atoms with Crippen molar-refractivity contribution in [1.29, 1.82) is 0 Å². The van der Waals surface area contributed by atoms with Gasteiger partial charge in [0.25, 0.3) is 5.69 Å². The Morgan fingerprint density at radius 3 is 2.28 bits per heavy atom. The molecule has 0 aromatic heterocycles. The van der Waals surface area contributed by atoms with Crippen LogP contribution in [0.2, 0.25) is 0 Å². The van der Waals surface area contributed by atoms with Crippen LogP contribution >= 0.6 is 0 Å². The quantitative estimate of drug-likeness (QED) is 0.173. The number of ether oxygens (including phenoxy) is 1. The number of benzene rings is 4. The average molecular weight is 477 g/mol. The molecule has 0 aliphatic carbocycles. The van der Waals surface area contributed by atoms with Crippen LogP contribution in [0.1, 0.15) is 30.5 Å². The van der Waals surface area contributed by atoms with Gasteiger partial charge in [0, 0.05) is 28.9 Å². The van der Waals surface area contributed by atoms with Gasteiger partial charge in [0.1, 0.15) is 5.75 Å². The minimum absolute atomic E-state index is 0.0237. The number of nitro benzene ring substituents is 1. The molecule has 2 heterocycles. The highest BCUT2D eigenvalue weighted by molar-refractivity contribution is 5.70. The molecule has 7 heteroatoms. The lowest BCUT2D eigenvalue weighted by atomic mass is 9.73. The highest BCUT2D eigenvalue weighted by Crippen LogP contribution is 2.60. The summed E-state index contributed by atoms with van der Waals surface area (Å²) < 4.78 is 6.97. The van der Waals surface area contributed by atoms with Gasteiger partial charge in [0.2, 0.25) is 5.72 Å². The number of para-hydroxylation sites is 1. The molecule has 0 bridgehead atoms. The van der Waals surface area contributed by atoms with Gasteiger partial charge in [0.05, 0.1) is 28.3 Å². The van der Waals surface area contributed by atoms with Gasteiger partial charge in [-0.05, 0) is 55.8 Å². The molecule has 2 aliphatic rings. The normalized spacial score (nSPS) is 19.3. The van der Waals surface area contributed by atoms with E-state index >= 15 is 0 Å². The topological polar surface area (TPSA) is 80.3 Å². The van der Waals surface area contributed by atoms with Crippen molar-refractivity contribution < 1.29 is 9.66 Å². The Bertz CT molecular complexity index is 1500. The lowest BCUT2D eigenvalue weighted by Gasteiger charge is -2.50. The van der Waals surface area contributed by atoms with E-state index in [1.807, 2.05) is 24.3 Å². The third kappa shape index (κ3) is 3.20. The molecule has 6 rings (SSSR count). The molecule has 0 N–H and O–H groups in total. The largest absolute Gasteiger partial charge is 0.462 e. The van der Waals surface area contributed by atoms with Crippen LogP contribution in [0.5, 0.6) is 5.75 Å². The Morgan fingerprint density at radius 2 is 1.53 bits per heavy atom. The second kappa shape index (κ2) is 8.02. The summed E-state index contributed by atoms with van der Waals surface area (Å²) in [6.07, 6.45) is 0. The molecule has 7 nitrogen and oxygen atoms in total. The first-order chi connectivity index (χ1) is 17.4. The monoisotopic (exact) mass is 476 g/mol. The molecule has 1 atom stereocenters. The first kappa shape index (κ1) is 22.0. The number of hydrogen-bond acceptors (Lipinski definition) is 6. The Kier molecular flexibility index (Phi) is 4.89. The van der Waals surface area contributed by atoms with E-state index in [2.05, 4.69) is 77.5 Å². The van der Waals surface area contributed by atoms with Crippen LogP contribution in [-0.2, 0) is 17.7 Å². The van der Waals surface area contributed by atoms with Crippen molar-refractivity contribution in [2.24, 2.45) is 10.2 Å². The van der Waals surface area contributed by atoms with Crippen LogP contribution < -0.4 is 9.64 Å². The fourth-order valence-corrected chi connectivity index (χ4v) is 5.48. The van der Waals surface area contributed by atoms with E-state index in [0.29, 0.717) is 17.9 Å². The van der Waals surface area contributed by atoms with Crippen molar-refractivity contribution in [2.75, 3.05) is 4.90 Å². The predicted molar refractivity (Wildman–Crippen MR) is 138 cm³/mol. The van der Waals surface area contributed by atoms with Crippen LogP contribution in [0.25, 0.3) is 0 Å². The van der Waals surface area contributed by atoms with Gasteiger partial charge in [-0.25, -0.2) is 0 Å².